The molecule has 0 radical (unpaired) electrons. The van der Waals surface area contributed by atoms with Crippen molar-refractivity contribution in [2.45, 2.75) is 23.6 Å². The monoisotopic (exact) mass is 516 g/mol. The molecule has 34 heavy (non-hydrogen) atoms. The number of pyridine rings is 1. The predicted octanol–water partition coefficient (Wildman–Crippen LogP) is 4.53. The molecule has 176 valence electrons. The molecule has 1 aliphatic heterocycles. The van der Waals surface area contributed by atoms with E-state index in [1.807, 2.05) is 12.1 Å². The summed E-state index contributed by atoms with van der Waals surface area (Å²) < 4.78 is 42.4. The standard InChI is InChI=1S/C23H21FN4O3S3/c24-18-6-3-7-19-21(18)26-23(33-19)28(15-17-5-1-2-11-25-17)22(29)16-9-12-27(13-10-16)34(30,31)20-8-4-14-32-20/h1-8,11,14,16H,9-10,12-13,15H2. The van der Waals surface area contributed by atoms with Gasteiger partial charge in [0.05, 0.1) is 16.9 Å². The molecule has 0 atom stereocenters. The second kappa shape index (κ2) is 9.49. The summed E-state index contributed by atoms with van der Waals surface area (Å²) in [6.45, 7) is 0.736. The van der Waals surface area contributed by atoms with Crippen LogP contribution >= 0.6 is 22.7 Å². The lowest BCUT2D eigenvalue weighted by Crippen LogP contribution is -2.44. The van der Waals surface area contributed by atoms with Gasteiger partial charge in [-0.05, 0) is 48.6 Å². The van der Waals surface area contributed by atoms with Crippen molar-refractivity contribution in [3.63, 3.8) is 0 Å². The number of fused-ring (bicyclic) bond motifs is 1. The van der Waals surface area contributed by atoms with Crippen molar-refractivity contribution in [2.24, 2.45) is 5.92 Å². The number of rotatable bonds is 6. The number of amides is 1. The average Bonchev–Trinajstić information content (AvgIpc) is 3.54. The van der Waals surface area contributed by atoms with Gasteiger partial charge in [-0.1, -0.05) is 29.5 Å². The summed E-state index contributed by atoms with van der Waals surface area (Å²) in [6, 6.07) is 13.5. The van der Waals surface area contributed by atoms with E-state index >= 15 is 0 Å². The largest absolute Gasteiger partial charge is 0.282 e. The molecule has 1 amide bonds. The highest BCUT2D eigenvalue weighted by atomic mass is 32.2. The molecule has 4 heterocycles. The first-order valence-electron chi connectivity index (χ1n) is 10.7. The van der Waals surface area contributed by atoms with E-state index in [0.29, 0.717) is 32.6 Å². The van der Waals surface area contributed by atoms with Crippen LogP contribution in [-0.4, -0.2) is 41.7 Å². The number of para-hydroxylation sites is 1. The zero-order valence-electron chi connectivity index (χ0n) is 18.0. The molecule has 0 unspecified atom stereocenters. The molecule has 7 nitrogen and oxygen atoms in total. The van der Waals surface area contributed by atoms with Crippen molar-refractivity contribution in [3.05, 3.63) is 71.6 Å². The third-order valence-electron chi connectivity index (χ3n) is 5.79. The molecule has 0 bridgehead atoms. The van der Waals surface area contributed by atoms with Crippen LogP contribution in [0.25, 0.3) is 10.2 Å². The number of thiophene rings is 1. The van der Waals surface area contributed by atoms with Gasteiger partial charge in [0.25, 0.3) is 10.0 Å². The molecule has 0 N–H and O–H groups in total. The van der Waals surface area contributed by atoms with Gasteiger partial charge in [0.1, 0.15) is 15.5 Å². The Labute approximate surface area is 204 Å². The smallest absolute Gasteiger partial charge is 0.252 e. The number of carbonyl (C=O) groups excluding carboxylic acids is 1. The van der Waals surface area contributed by atoms with Crippen LogP contribution in [0.5, 0.6) is 0 Å². The number of aromatic nitrogens is 2. The zero-order valence-corrected chi connectivity index (χ0v) is 20.5. The maximum Gasteiger partial charge on any atom is 0.252 e. The van der Waals surface area contributed by atoms with Gasteiger partial charge < -0.3 is 0 Å². The molecule has 4 aromatic rings. The maximum absolute atomic E-state index is 14.3. The van der Waals surface area contributed by atoms with Crippen LogP contribution in [0.3, 0.4) is 0 Å². The van der Waals surface area contributed by atoms with Gasteiger partial charge in [0, 0.05) is 25.2 Å². The van der Waals surface area contributed by atoms with Gasteiger partial charge in [0.15, 0.2) is 5.13 Å². The molecule has 1 fully saturated rings. The Balaban J connectivity index is 1.39. The Morgan fingerprint density at radius 3 is 2.62 bits per heavy atom. The topological polar surface area (TPSA) is 83.5 Å². The number of hydrogen-bond donors (Lipinski definition) is 0. The highest BCUT2D eigenvalue weighted by Gasteiger charge is 2.35. The lowest BCUT2D eigenvalue weighted by Gasteiger charge is -2.32. The molecular weight excluding hydrogens is 495 g/mol. The average molecular weight is 517 g/mol. The van der Waals surface area contributed by atoms with E-state index in [1.165, 1.54) is 33.0 Å². The van der Waals surface area contributed by atoms with E-state index in [1.54, 1.807) is 46.8 Å². The van der Waals surface area contributed by atoms with Gasteiger partial charge >= 0.3 is 0 Å². The number of nitrogens with zero attached hydrogens (tertiary/aromatic N) is 4. The van der Waals surface area contributed by atoms with E-state index in [2.05, 4.69) is 9.97 Å². The quantitative estimate of drug-likeness (QED) is 0.376. The minimum absolute atomic E-state index is 0.154. The zero-order chi connectivity index (χ0) is 23.7. The Morgan fingerprint density at radius 2 is 1.94 bits per heavy atom. The molecule has 0 saturated carbocycles. The molecule has 3 aromatic heterocycles. The van der Waals surface area contributed by atoms with E-state index in [4.69, 9.17) is 0 Å². The van der Waals surface area contributed by atoms with Crippen LogP contribution in [0, 0.1) is 11.7 Å². The minimum Gasteiger partial charge on any atom is -0.282 e. The first-order valence-corrected chi connectivity index (χ1v) is 13.9. The molecule has 1 aliphatic rings. The number of piperidine rings is 1. The predicted molar refractivity (Wildman–Crippen MR) is 131 cm³/mol. The number of hydrogen-bond acceptors (Lipinski definition) is 7. The molecule has 1 aromatic carbocycles. The van der Waals surface area contributed by atoms with Crippen LogP contribution in [0.4, 0.5) is 9.52 Å². The van der Waals surface area contributed by atoms with E-state index in [-0.39, 0.29) is 37.0 Å². The van der Waals surface area contributed by atoms with Gasteiger partial charge in [-0.3, -0.25) is 14.7 Å². The Kier molecular flexibility index (Phi) is 6.43. The SMILES string of the molecule is O=C(C1CCN(S(=O)(=O)c2cccs2)CC1)N(Cc1ccccn1)c1nc2c(F)cccc2s1. The van der Waals surface area contributed by atoms with Crippen molar-refractivity contribution in [1.29, 1.82) is 0 Å². The molecular formula is C23H21FN4O3S3. The number of anilines is 1. The molecule has 1 saturated heterocycles. The van der Waals surface area contributed by atoms with Crippen LogP contribution < -0.4 is 4.90 Å². The number of carbonyl (C=O) groups is 1. The summed E-state index contributed by atoms with van der Waals surface area (Å²) in [5, 5.41) is 2.14. The summed E-state index contributed by atoms with van der Waals surface area (Å²) in [6.07, 6.45) is 2.47. The highest BCUT2D eigenvalue weighted by Crippen LogP contribution is 2.34. The molecule has 5 rings (SSSR count). The van der Waals surface area contributed by atoms with Crippen molar-refractivity contribution in [1.82, 2.24) is 14.3 Å². The fourth-order valence-electron chi connectivity index (χ4n) is 4.01. The lowest BCUT2D eigenvalue weighted by molar-refractivity contribution is -0.123. The number of thiazole rings is 1. The van der Waals surface area contributed by atoms with Crippen LogP contribution in [0.2, 0.25) is 0 Å². The van der Waals surface area contributed by atoms with Crippen LogP contribution in [0.15, 0.2) is 64.3 Å². The van der Waals surface area contributed by atoms with Crippen molar-refractivity contribution < 1.29 is 17.6 Å². The second-order valence-electron chi connectivity index (χ2n) is 7.94. The summed E-state index contributed by atoms with van der Waals surface area (Å²) in [7, 11) is -3.55. The first-order chi connectivity index (χ1) is 16.4. The third kappa shape index (κ3) is 4.48. The van der Waals surface area contributed by atoms with E-state index in [9.17, 15) is 17.6 Å². The van der Waals surface area contributed by atoms with Gasteiger partial charge in [-0.15, -0.1) is 11.3 Å². The van der Waals surface area contributed by atoms with Crippen molar-refractivity contribution >= 4 is 54.0 Å². The number of benzene rings is 1. The van der Waals surface area contributed by atoms with Gasteiger partial charge in [0.2, 0.25) is 5.91 Å². The minimum atomic E-state index is -3.55. The third-order valence-corrected chi connectivity index (χ3v) is 10.1. The summed E-state index contributed by atoms with van der Waals surface area (Å²) in [5.74, 6) is -0.953. The van der Waals surface area contributed by atoms with E-state index < -0.39 is 15.8 Å². The van der Waals surface area contributed by atoms with Crippen molar-refractivity contribution in [3.8, 4) is 0 Å². The van der Waals surface area contributed by atoms with E-state index in [0.717, 1.165) is 0 Å². The Hall–Kier alpha value is -2.73. The Bertz CT molecular complexity index is 1400. The number of sulfonamides is 1. The molecule has 11 heteroatoms. The van der Waals surface area contributed by atoms with Gasteiger partial charge in [-0.2, -0.15) is 4.31 Å². The molecule has 0 spiro atoms. The maximum atomic E-state index is 14.3. The lowest BCUT2D eigenvalue weighted by atomic mass is 9.96. The summed E-state index contributed by atoms with van der Waals surface area (Å²) >= 11 is 2.44. The van der Waals surface area contributed by atoms with Crippen LogP contribution in [0.1, 0.15) is 18.5 Å². The Morgan fingerprint density at radius 1 is 1.12 bits per heavy atom. The first kappa shape index (κ1) is 23.0. The molecule has 0 aliphatic carbocycles. The fraction of sp³-hybridized carbons (Fsp3) is 0.261. The second-order valence-corrected chi connectivity index (χ2v) is 12.1. The van der Waals surface area contributed by atoms with Crippen molar-refractivity contribution in [2.75, 3.05) is 18.0 Å². The normalized spacial score (nSPS) is 15.6. The van der Waals surface area contributed by atoms with Gasteiger partial charge in [-0.25, -0.2) is 17.8 Å². The fourth-order valence-corrected chi connectivity index (χ4v) is 7.61. The summed E-state index contributed by atoms with van der Waals surface area (Å²) in [4.78, 5) is 24.0. The highest BCUT2D eigenvalue weighted by molar-refractivity contribution is 7.91. The van der Waals surface area contributed by atoms with Crippen LogP contribution in [-0.2, 0) is 21.4 Å². The number of halogens is 1. The summed E-state index contributed by atoms with van der Waals surface area (Å²) in [5.41, 5.74) is 0.923.